The predicted octanol–water partition coefficient (Wildman–Crippen LogP) is 2.24. The van der Waals surface area contributed by atoms with Crippen molar-refractivity contribution < 1.29 is 19.1 Å². The number of halogens is 1. The molecule has 26 heavy (non-hydrogen) atoms. The van der Waals surface area contributed by atoms with Gasteiger partial charge in [0.05, 0.1) is 26.3 Å². The quantitative estimate of drug-likeness (QED) is 0.759. The highest BCUT2D eigenvalue weighted by molar-refractivity contribution is 5.16. The van der Waals surface area contributed by atoms with Crippen LogP contribution in [0.15, 0.2) is 54.6 Å². The maximum Gasteiger partial charge on any atom is 0.128 e. The number of nitrogens with one attached hydrogen (secondary N) is 1. The van der Waals surface area contributed by atoms with Crippen LogP contribution in [-0.4, -0.2) is 37.5 Å². The summed E-state index contributed by atoms with van der Waals surface area (Å²) < 4.78 is 19.0. The van der Waals surface area contributed by atoms with E-state index in [0.29, 0.717) is 12.1 Å². The van der Waals surface area contributed by atoms with E-state index in [2.05, 4.69) is 30.3 Å². The van der Waals surface area contributed by atoms with E-state index in [1.54, 1.807) is 18.2 Å². The summed E-state index contributed by atoms with van der Waals surface area (Å²) in [5.74, 6) is 0.490. The van der Waals surface area contributed by atoms with Gasteiger partial charge in [-0.1, -0.05) is 48.5 Å². The first kappa shape index (κ1) is 19.0. The average molecular weight is 358 g/mol. The number of ether oxygens (including phenoxy) is 1. The zero-order chi connectivity index (χ0) is 18.2. The van der Waals surface area contributed by atoms with Crippen molar-refractivity contribution in [2.75, 3.05) is 26.2 Å². The second-order valence-electron chi connectivity index (χ2n) is 7.35. The van der Waals surface area contributed by atoms with Crippen molar-refractivity contribution in [3.8, 4) is 0 Å². The van der Waals surface area contributed by atoms with E-state index in [0.717, 1.165) is 25.4 Å². The van der Waals surface area contributed by atoms with Crippen LogP contribution in [0.4, 0.5) is 4.39 Å². The number of hydrogen-bond donors (Lipinski definition) is 2. The molecular weight excluding hydrogens is 329 g/mol. The van der Waals surface area contributed by atoms with E-state index in [9.17, 15) is 9.50 Å². The monoisotopic (exact) mass is 358 g/mol. The Balaban J connectivity index is 1.33. The second kappa shape index (κ2) is 9.81. The van der Waals surface area contributed by atoms with Crippen molar-refractivity contribution in [3.05, 3.63) is 71.5 Å². The van der Waals surface area contributed by atoms with Crippen molar-refractivity contribution in [1.29, 1.82) is 0 Å². The van der Waals surface area contributed by atoms with E-state index in [-0.39, 0.29) is 19.0 Å². The Morgan fingerprint density at radius 1 is 1.04 bits per heavy atom. The van der Waals surface area contributed by atoms with Crippen LogP contribution in [0.2, 0.25) is 0 Å². The molecule has 1 heterocycles. The fourth-order valence-electron chi connectivity index (χ4n) is 3.75. The minimum atomic E-state index is -0.498. The Bertz CT molecular complexity index is 656. The molecular formula is C22H29FNO2+. The minimum absolute atomic E-state index is 0.207. The molecule has 1 aliphatic rings. The van der Waals surface area contributed by atoms with Crippen LogP contribution in [0.3, 0.4) is 0 Å². The van der Waals surface area contributed by atoms with Gasteiger partial charge < -0.3 is 14.7 Å². The van der Waals surface area contributed by atoms with Crippen LogP contribution in [-0.2, 0) is 17.8 Å². The molecule has 3 nitrogen and oxygen atoms in total. The van der Waals surface area contributed by atoms with Gasteiger partial charge in [-0.2, -0.15) is 0 Å². The van der Waals surface area contributed by atoms with Crippen LogP contribution >= 0.6 is 0 Å². The molecule has 2 aromatic rings. The molecule has 0 spiro atoms. The van der Waals surface area contributed by atoms with Gasteiger partial charge in [-0.25, -0.2) is 4.39 Å². The highest BCUT2D eigenvalue weighted by Crippen LogP contribution is 2.16. The van der Waals surface area contributed by atoms with Crippen LogP contribution in [0.5, 0.6) is 0 Å². The smallest absolute Gasteiger partial charge is 0.128 e. The lowest BCUT2D eigenvalue weighted by molar-refractivity contribution is -0.909. The van der Waals surface area contributed by atoms with Crippen molar-refractivity contribution in [1.82, 2.24) is 0 Å². The van der Waals surface area contributed by atoms with Crippen molar-refractivity contribution in [2.45, 2.75) is 32.0 Å². The average Bonchev–Trinajstić information content (AvgIpc) is 2.66. The first-order valence-corrected chi connectivity index (χ1v) is 9.57. The van der Waals surface area contributed by atoms with Gasteiger partial charge in [-0.15, -0.1) is 0 Å². The van der Waals surface area contributed by atoms with Crippen LogP contribution in [0.25, 0.3) is 0 Å². The molecule has 0 saturated carbocycles. The Labute approximate surface area is 155 Å². The first-order valence-electron chi connectivity index (χ1n) is 9.57. The predicted molar refractivity (Wildman–Crippen MR) is 100 cm³/mol. The van der Waals surface area contributed by atoms with Crippen molar-refractivity contribution in [3.63, 3.8) is 0 Å². The van der Waals surface area contributed by atoms with Crippen LogP contribution < -0.4 is 4.90 Å². The maximum atomic E-state index is 13.5. The summed E-state index contributed by atoms with van der Waals surface area (Å²) in [7, 11) is 0. The largest absolute Gasteiger partial charge is 0.385 e. The van der Waals surface area contributed by atoms with Crippen molar-refractivity contribution in [2.24, 2.45) is 5.92 Å². The summed E-state index contributed by atoms with van der Waals surface area (Å²) in [6.07, 6.45) is 3.06. The third kappa shape index (κ3) is 5.90. The molecule has 0 aliphatic carbocycles. The lowest BCUT2D eigenvalue weighted by Gasteiger charge is -2.30. The number of aliphatic hydroxyl groups is 1. The van der Waals surface area contributed by atoms with Gasteiger partial charge in [0.1, 0.15) is 18.5 Å². The van der Waals surface area contributed by atoms with E-state index in [1.165, 1.54) is 29.4 Å². The van der Waals surface area contributed by atoms with Gasteiger partial charge in [0.25, 0.3) is 0 Å². The summed E-state index contributed by atoms with van der Waals surface area (Å²) in [6, 6.07) is 17.3. The van der Waals surface area contributed by atoms with Gasteiger partial charge in [0.15, 0.2) is 0 Å². The molecule has 1 atom stereocenters. The molecule has 0 amide bonds. The first-order chi connectivity index (χ1) is 12.7. The summed E-state index contributed by atoms with van der Waals surface area (Å²) >= 11 is 0. The Kier molecular flexibility index (Phi) is 7.18. The Hall–Kier alpha value is -1.75. The van der Waals surface area contributed by atoms with Crippen LogP contribution in [0.1, 0.15) is 24.0 Å². The molecule has 0 bridgehead atoms. The zero-order valence-electron chi connectivity index (χ0n) is 15.2. The molecule has 1 fully saturated rings. The Morgan fingerprint density at radius 3 is 2.46 bits per heavy atom. The summed E-state index contributed by atoms with van der Waals surface area (Å²) in [6.45, 7) is 3.36. The molecule has 0 radical (unpaired) electrons. The lowest BCUT2D eigenvalue weighted by atomic mass is 9.90. The highest BCUT2D eigenvalue weighted by Gasteiger charge is 2.24. The van der Waals surface area contributed by atoms with Gasteiger partial charge in [0, 0.05) is 5.56 Å². The molecule has 0 unspecified atom stereocenters. The molecule has 0 aromatic heterocycles. The Morgan fingerprint density at radius 2 is 1.73 bits per heavy atom. The van der Waals surface area contributed by atoms with E-state index >= 15 is 0 Å². The standard InChI is InChI=1S/C22H28FNO2/c23-22-9-5-4-8-20(22)16-26-17-21(25)15-24-12-10-19(11-13-24)14-18-6-2-1-3-7-18/h1-9,19,21,25H,10-17H2/p+1/t21-/m1/s1. The van der Waals surface area contributed by atoms with Crippen LogP contribution in [0, 0.1) is 11.7 Å². The normalized spacial score (nSPS) is 21.5. The number of aliphatic hydroxyl groups excluding tert-OH is 1. The number of rotatable bonds is 8. The summed E-state index contributed by atoms with van der Waals surface area (Å²) in [5, 5.41) is 10.2. The SMILES string of the molecule is O[C@@H](COCc1ccccc1F)C[NH+]1CCC(Cc2ccccc2)CC1. The van der Waals surface area contributed by atoms with Crippen molar-refractivity contribution >= 4 is 0 Å². The topological polar surface area (TPSA) is 33.9 Å². The summed E-state index contributed by atoms with van der Waals surface area (Å²) in [5.41, 5.74) is 1.95. The number of quaternary nitrogens is 1. The number of benzene rings is 2. The van der Waals surface area contributed by atoms with Gasteiger partial charge >= 0.3 is 0 Å². The third-order valence-corrected chi connectivity index (χ3v) is 5.23. The number of hydrogen-bond acceptors (Lipinski definition) is 2. The molecule has 3 rings (SSSR count). The van der Waals surface area contributed by atoms with E-state index in [1.807, 2.05) is 0 Å². The summed E-state index contributed by atoms with van der Waals surface area (Å²) in [4.78, 5) is 1.44. The molecule has 1 aliphatic heterocycles. The van der Waals surface area contributed by atoms with Gasteiger partial charge in [-0.05, 0) is 36.8 Å². The number of likely N-dealkylation sites (tertiary alicyclic amines) is 1. The number of piperidine rings is 1. The third-order valence-electron chi connectivity index (χ3n) is 5.23. The molecule has 2 N–H and O–H groups in total. The fourth-order valence-corrected chi connectivity index (χ4v) is 3.75. The molecule has 2 aromatic carbocycles. The second-order valence-corrected chi connectivity index (χ2v) is 7.35. The maximum absolute atomic E-state index is 13.5. The lowest BCUT2D eigenvalue weighted by Crippen LogP contribution is -3.14. The fraction of sp³-hybridized carbons (Fsp3) is 0.455. The highest BCUT2D eigenvalue weighted by atomic mass is 19.1. The molecule has 140 valence electrons. The van der Waals surface area contributed by atoms with E-state index in [4.69, 9.17) is 4.74 Å². The molecule has 4 heteroatoms. The van der Waals surface area contributed by atoms with E-state index < -0.39 is 6.10 Å². The zero-order valence-corrected chi connectivity index (χ0v) is 15.2. The molecule has 1 saturated heterocycles. The van der Waals surface area contributed by atoms with Gasteiger partial charge in [0.2, 0.25) is 0 Å². The van der Waals surface area contributed by atoms with Gasteiger partial charge in [-0.3, -0.25) is 0 Å². The minimum Gasteiger partial charge on any atom is -0.385 e.